The van der Waals surface area contributed by atoms with Gasteiger partial charge in [0.1, 0.15) is 12.4 Å². The fourth-order valence-corrected chi connectivity index (χ4v) is 1.99. The summed E-state index contributed by atoms with van der Waals surface area (Å²) in [7, 11) is 1.60. The SMILES string of the molecule is CCNC(=NCc1ccc(C)cc1OCCOC)NCCC(F)(F)F. The second-order valence-electron chi connectivity index (χ2n) is 5.44. The number of hydrogen-bond acceptors (Lipinski definition) is 3. The lowest BCUT2D eigenvalue weighted by Crippen LogP contribution is -2.38. The van der Waals surface area contributed by atoms with Gasteiger partial charge in [-0.2, -0.15) is 13.2 Å². The van der Waals surface area contributed by atoms with E-state index in [1.807, 2.05) is 32.0 Å². The molecule has 0 amide bonds. The molecule has 0 fully saturated rings. The summed E-state index contributed by atoms with van der Waals surface area (Å²) in [5.41, 5.74) is 1.91. The molecule has 0 aliphatic carbocycles. The molecule has 2 N–H and O–H groups in total. The molecule has 0 aliphatic heterocycles. The van der Waals surface area contributed by atoms with Gasteiger partial charge in [0.05, 0.1) is 19.6 Å². The number of guanidine groups is 1. The molecule has 1 rings (SSSR count). The molecule has 0 atom stereocenters. The molecule has 5 nitrogen and oxygen atoms in total. The van der Waals surface area contributed by atoms with Crippen LogP contribution in [0.15, 0.2) is 23.2 Å². The summed E-state index contributed by atoms with van der Waals surface area (Å²) >= 11 is 0. The van der Waals surface area contributed by atoms with Crippen LogP contribution in [0, 0.1) is 6.92 Å². The Balaban J connectivity index is 2.73. The monoisotopic (exact) mass is 361 g/mol. The molecule has 1 aromatic rings. The predicted octanol–water partition coefficient (Wildman–Crippen LogP) is 3.03. The zero-order valence-corrected chi connectivity index (χ0v) is 14.9. The minimum atomic E-state index is -4.19. The summed E-state index contributed by atoms with van der Waals surface area (Å²) in [5.74, 6) is 1.04. The lowest BCUT2D eigenvalue weighted by atomic mass is 10.1. The van der Waals surface area contributed by atoms with E-state index in [9.17, 15) is 13.2 Å². The molecule has 0 aromatic heterocycles. The van der Waals surface area contributed by atoms with Crippen LogP contribution < -0.4 is 15.4 Å². The van der Waals surface area contributed by atoms with Crippen molar-refractivity contribution in [3.63, 3.8) is 0 Å². The van der Waals surface area contributed by atoms with E-state index < -0.39 is 12.6 Å². The van der Waals surface area contributed by atoms with Crippen molar-refractivity contribution < 1.29 is 22.6 Å². The van der Waals surface area contributed by atoms with Crippen molar-refractivity contribution in [1.82, 2.24) is 10.6 Å². The molecule has 0 bridgehead atoms. The van der Waals surface area contributed by atoms with Crippen LogP contribution in [0.2, 0.25) is 0 Å². The third kappa shape index (κ3) is 9.19. The van der Waals surface area contributed by atoms with Gasteiger partial charge < -0.3 is 20.1 Å². The number of benzene rings is 1. The minimum Gasteiger partial charge on any atom is -0.491 e. The molecule has 0 spiro atoms. The Labute approximate surface area is 146 Å². The Morgan fingerprint density at radius 2 is 1.96 bits per heavy atom. The number of rotatable bonds is 9. The van der Waals surface area contributed by atoms with Crippen molar-refractivity contribution in [3.05, 3.63) is 29.3 Å². The van der Waals surface area contributed by atoms with Crippen molar-refractivity contribution in [2.24, 2.45) is 4.99 Å². The fraction of sp³-hybridized carbons (Fsp3) is 0.588. The van der Waals surface area contributed by atoms with Gasteiger partial charge in [-0.3, -0.25) is 0 Å². The van der Waals surface area contributed by atoms with E-state index in [1.54, 1.807) is 7.11 Å². The summed E-state index contributed by atoms with van der Waals surface area (Å²) in [5, 5.41) is 5.62. The first-order valence-electron chi connectivity index (χ1n) is 8.16. The Kier molecular flexibility index (Phi) is 9.12. The Hall–Kier alpha value is -1.96. The standard InChI is InChI=1S/C17H26F3N3O2/c1-4-21-16(22-8-7-17(18,19)20)23-12-14-6-5-13(2)11-15(14)25-10-9-24-3/h5-6,11H,4,7-10,12H2,1-3H3,(H2,21,22,23). The number of halogens is 3. The van der Waals surface area contributed by atoms with E-state index in [-0.39, 0.29) is 6.54 Å². The molecule has 0 heterocycles. The maximum Gasteiger partial charge on any atom is 0.390 e. The first-order valence-corrected chi connectivity index (χ1v) is 8.16. The number of nitrogens with one attached hydrogen (secondary N) is 2. The van der Waals surface area contributed by atoms with Crippen LogP contribution in [0.3, 0.4) is 0 Å². The zero-order valence-electron chi connectivity index (χ0n) is 14.9. The van der Waals surface area contributed by atoms with E-state index in [4.69, 9.17) is 9.47 Å². The maximum absolute atomic E-state index is 12.3. The first kappa shape index (κ1) is 21.1. The molecule has 0 radical (unpaired) electrons. The number of ether oxygens (including phenoxy) is 2. The average molecular weight is 361 g/mol. The number of aryl methyl sites for hydroxylation is 1. The van der Waals surface area contributed by atoms with Crippen LogP contribution >= 0.6 is 0 Å². The number of aliphatic imine (C=N–C) groups is 1. The minimum absolute atomic E-state index is 0.222. The number of methoxy groups -OCH3 is 1. The van der Waals surface area contributed by atoms with Crippen molar-refractivity contribution >= 4 is 5.96 Å². The molecular weight excluding hydrogens is 335 g/mol. The second kappa shape index (κ2) is 10.8. The van der Waals surface area contributed by atoms with Crippen molar-refractivity contribution in [1.29, 1.82) is 0 Å². The number of alkyl halides is 3. The van der Waals surface area contributed by atoms with Gasteiger partial charge in [0.15, 0.2) is 5.96 Å². The number of nitrogens with zero attached hydrogens (tertiary/aromatic N) is 1. The highest BCUT2D eigenvalue weighted by Gasteiger charge is 2.26. The predicted molar refractivity (Wildman–Crippen MR) is 92.0 cm³/mol. The zero-order chi connectivity index (χ0) is 18.7. The van der Waals surface area contributed by atoms with Crippen molar-refractivity contribution in [2.75, 3.05) is 33.4 Å². The molecule has 0 saturated heterocycles. The van der Waals surface area contributed by atoms with Gasteiger partial charge in [-0.15, -0.1) is 0 Å². The van der Waals surface area contributed by atoms with Crippen molar-refractivity contribution in [3.8, 4) is 5.75 Å². The quantitative estimate of drug-likeness (QED) is 0.403. The van der Waals surface area contributed by atoms with Gasteiger partial charge in [0, 0.05) is 25.8 Å². The lowest BCUT2D eigenvalue weighted by Gasteiger charge is -2.14. The van der Waals surface area contributed by atoms with E-state index >= 15 is 0 Å². The first-order chi connectivity index (χ1) is 11.9. The van der Waals surface area contributed by atoms with Gasteiger partial charge in [0.2, 0.25) is 0 Å². The van der Waals surface area contributed by atoms with E-state index in [1.165, 1.54) is 0 Å². The molecule has 0 saturated carbocycles. The molecule has 1 aromatic carbocycles. The largest absolute Gasteiger partial charge is 0.491 e. The van der Waals surface area contributed by atoms with Crippen LogP contribution in [-0.4, -0.2) is 45.5 Å². The third-order valence-electron chi connectivity index (χ3n) is 3.22. The molecule has 0 aliphatic rings. The van der Waals surface area contributed by atoms with Crippen molar-refractivity contribution in [2.45, 2.75) is 33.0 Å². The van der Waals surface area contributed by atoms with Crippen LogP contribution in [-0.2, 0) is 11.3 Å². The summed E-state index contributed by atoms with van der Waals surface area (Å²) in [6.45, 7) is 5.33. The smallest absolute Gasteiger partial charge is 0.390 e. The summed E-state index contributed by atoms with van der Waals surface area (Å²) in [4.78, 5) is 4.34. The highest BCUT2D eigenvalue weighted by Crippen LogP contribution is 2.21. The molecule has 8 heteroatoms. The highest BCUT2D eigenvalue weighted by molar-refractivity contribution is 5.79. The molecule has 25 heavy (non-hydrogen) atoms. The highest BCUT2D eigenvalue weighted by atomic mass is 19.4. The molecule has 142 valence electrons. The van der Waals surface area contributed by atoms with E-state index in [2.05, 4.69) is 15.6 Å². The molecule has 0 unspecified atom stereocenters. The van der Waals surface area contributed by atoms with Gasteiger partial charge in [-0.05, 0) is 25.5 Å². The van der Waals surface area contributed by atoms with Gasteiger partial charge in [0.25, 0.3) is 0 Å². The number of hydrogen-bond donors (Lipinski definition) is 2. The van der Waals surface area contributed by atoms with Crippen LogP contribution in [0.25, 0.3) is 0 Å². The van der Waals surface area contributed by atoms with Gasteiger partial charge >= 0.3 is 6.18 Å². The molecular formula is C17H26F3N3O2. The Morgan fingerprint density at radius 1 is 1.20 bits per heavy atom. The van der Waals surface area contributed by atoms with Crippen LogP contribution in [0.1, 0.15) is 24.5 Å². The third-order valence-corrected chi connectivity index (χ3v) is 3.22. The maximum atomic E-state index is 12.3. The summed E-state index contributed by atoms with van der Waals surface area (Å²) in [6.07, 6.45) is -5.10. The topological polar surface area (TPSA) is 54.9 Å². The second-order valence-corrected chi connectivity index (χ2v) is 5.44. The Morgan fingerprint density at radius 3 is 2.60 bits per heavy atom. The average Bonchev–Trinajstić information content (AvgIpc) is 2.53. The summed E-state index contributed by atoms with van der Waals surface area (Å²) < 4.78 is 47.4. The van der Waals surface area contributed by atoms with Gasteiger partial charge in [-0.25, -0.2) is 4.99 Å². The van der Waals surface area contributed by atoms with Crippen LogP contribution in [0.4, 0.5) is 13.2 Å². The van der Waals surface area contributed by atoms with E-state index in [0.29, 0.717) is 38.0 Å². The Bertz CT molecular complexity index is 548. The van der Waals surface area contributed by atoms with Gasteiger partial charge in [-0.1, -0.05) is 12.1 Å². The summed E-state index contributed by atoms with van der Waals surface area (Å²) in [6, 6.07) is 5.75. The van der Waals surface area contributed by atoms with E-state index in [0.717, 1.165) is 11.1 Å². The lowest BCUT2D eigenvalue weighted by molar-refractivity contribution is -0.132. The fourth-order valence-electron chi connectivity index (χ4n) is 1.99. The van der Waals surface area contributed by atoms with Crippen LogP contribution in [0.5, 0.6) is 5.75 Å². The normalized spacial score (nSPS) is 12.2.